The van der Waals surface area contributed by atoms with E-state index in [0.717, 1.165) is 5.57 Å². The van der Waals surface area contributed by atoms with E-state index in [9.17, 15) is 8.78 Å². The Hall–Kier alpha value is -0.730. The summed E-state index contributed by atoms with van der Waals surface area (Å²) in [4.78, 5) is 3.42. The second-order valence-electron chi connectivity index (χ2n) is 2.17. The lowest BCUT2D eigenvalue weighted by atomic mass is 10.2. The molecule has 10 heavy (non-hydrogen) atoms. The van der Waals surface area contributed by atoms with Gasteiger partial charge in [0, 0.05) is 7.05 Å². The minimum Gasteiger partial charge on any atom is -0.287 e. The summed E-state index contributed by atoms with van der Waals surface area (Å²) in [5.41, 5.74) is 0.681. The van der Waals surface area contributed by atoms with Gasteiger partial charge in [-0.25, -0.2) is 8.78 Å². The fraction of sp³-hybridized carbons (Fsp3) is 0.571. The van der Waals surface area contributed by atoms with Gasteiger partial charge in [-0.2, -0.15) is 0 Å². The highest BCUT2D eigenvalue weighted by molar-refractivity contribution is 5.97. The van der Waals surface area contributed by atoms with Gasteiger partial charge in [0.05, 0.1) is 0 Å². The fourth-order valence-electron chi connectivity index (χ4n) is 0.521. The minimum atomic E-state index is -2.46. The van der Waals surface area contributed by atoms with E-state index in [2.05, 4.69) is 4.99 Å². The third-order valence-electron chi connectivity index (χ3n) is 0.918. The van der Waals surface area contributed by atoms with Gasteiger partial charge in [0.25, 0.3) is 6.43 Å². The fourth-order valence-corrected chi connectivity index (χ4v) is 0.521. The van der Waals surface area contributed by atoms with Crippen molar-refractivity contribution in [1.82, 2.24) is 0 Å². The van der Waals surface area contributed by atoms with Crippen LogP contribution in [0.4, 0.5) is 8.78 Å². The molecule has 0 bridgehead atoms. The zero-order valence-electron chi connectivity index (χ0n) is 6.36. The van der Waals surface area contributed by atoms with Crippen LogP contribution in [0.15, 0.2) is 16.6 Å². The molecule has 0 amide bonds. The molecule has 3 heteroatoms. The highest BCUT2D eigenvalue weighted by Crippen LogP contribution is 2.00. The summed E-state index contributed by atoms with van der Waals surface area (Å²) in [7, 11) is 1.36. The van der Waals surface area contributed by atoms with Crippen LogP contribution in [0.1, 0.15) is 13.8 Å². The van der Waals surface area contributed by atoms with Crippen LogP contribution in [0, 0.1) is 0 Å². The Kier molecular flexibility index (Phi) is 3.84. The van der Waals surface area contributed by atoms with E-state index in [1.165, 1.54) is 13.1 Å². The zero-order chi connectivity index (χ0) is 8.15. The Bertz CT molecular complexity index is 155. The van der Waals surface area contributed by atoms with Gasteiger partial charge < -0.3 is 0 Å². The first-order chi connectivity index (χ1) is 4.57. The molecule has 0 rings (SSSR count). The van der Waals surface area contributed by atoms with Crippen LogP contribution >= 0.6 is 0 Å². The summed E-state index contributed by atoms with van der Waals surface area (Å²) in [6, 6.07) is 0. The van der Waals surface area contributed by atoms with Crippen molar-refractivity contribution in [3.8, 4) is 0 Å². The molecule has 0 saturated carbocycles. The van der Waals surface area contributed by atoms with Gasteiger partial charge in [0.15, 0.2) is 0 Å². The average Bonchev–Trinajstić information content (AvgIpc) is 1.81. The highest BCUT2D eigenvalue weighted by Gasteiger charge is 2.07. The van der Waals surface area contributed by atoms with Crippen molar-refractivity contribution in [2.45, 2.75) is 20.3 Å². The molecule has 0 atom stereocenters. The molecule has 0 aliphatic heterocycles. The molecule has 0 spiro atoms. The molecular formula is C7H11F2N. The third-order valence-corrected chi connectivity index (χ3v) is 0.918. The molecule has 0 aromatic carbocycles. The van der Waals surface area contributed by atoms with Gasteiger partial charge in [-0.05, 0) is 19.9 Å². The molecule has 0 aromatic heterocycles. The van der Waals surface area contributed by atoms with Crippen molar-refractivity contribution in [3.63, 3.8) is 0 Å². The van der Waals surface area contributed by atoms with Crippen molar-refractivity contribution >= 4 is 5.71 Å². The quantitative estimate of drug-likeness (QED) is 0.531. The Labute approximate surface area is 59.5 Å². The molecule has 0 saturated heterocycles. The summed E-state index contributed by atoms with van der Waals surface area (Å²) in [5.74, 6) is 0. The number of allylic oxidation sites excluding steroid dienone is 2. The Morgan fingerprint density at radius 3 is 2.00 bits per heavy atom. The number of alkyl halides is 2. The maximum atomic E-state index is 11.9. The van der Waals surface area contributed by atoms with Crippen LogP contribution in [-0.4, -0.2) is 19.2 Å². The highest BCUT2D eigenvalue weighted by atomic mass is 19.3. The van der Waals surface area contributed by atoms with Crippen molar-refractivity contribution in [1.29, 1.82) is 0 Å². The van der Waals surface area contributed by atoms with Gasteiger partial charge in [0.1, 0.15) is 5.71 Å². The Morgan fingerprint density at radius 2 is 1.90 bits per heavy atom. The monoisotopic (exact) mass is 147 g/mol. The topological polar surface area (TPSA) is 12.4 Å². The van der Waals surface area contributed by atoms with Crippen LogP contribution < -0.4 is 0 Å². The zero-order valence-corrected chi connectivity index (χ0v) is 6.36. The number of halogens is 2. The first-order valence-corrected chi connectivity index (χ1v) is 2.97. The van der Waals surface area contributed by atoms with Gasteiger partial charge >= 0.3 is 0 Å². The maximum Gasteiger partial charge on any atom is 0.279 e. The van der Waals surface area contributed by atoms with Crippen LogP contribution in [0.2, 0.25) is 0 Å². The second-order valence-corrected chi connectivity index (χ2v) is 2.17. The number of rotatable bonds is 2. The Balaban J connectivity index is 4.26. The van der Waals surface area contributed by atoms with E-state index in [1.807, 2.05) is 0 Å². The summed E-state index contributed by atoms with van der Waals surface area (Å²) in [6.45, 7) is 3.52. The molecule has 58 valence electrons. The van der Waals surface area contributed by atoms with Crippen molar-refractivity contribution in [2.75, 3.05) is 7.05 Å². The van der Waals surface area contributed by atoms with Gasteiger partial charge in [-0.15, -0.1) is 0 Å². The largest absolute Gasteiger partial charge is 0.287 e. The van der Waals surface area contributed by atoms with Crippen LogP contribution in [0.25, 0.3) is 0 Å². The summed E-state index contributed by atoms with van der Waals surface area (Å²) in [5, 5.41) is 0. The van der Waals surface area contributed by atoms with E-state index in [1.54, 1.807) is 13.8 Å². The van der Waals surface area contributed by atoms with Crippen molar-refractivity contribution in [2.24, 2.45) is 4.99 Å². The lowest BCUT2D eigenvalue weighted by Crippen LogP contribution is -2.06. The number of aliphatic imine (C=N–C) groups is 1. The van der Waals surface area contributed by atoms with Crippen LogP contribution in [0.5, 0.6) is 0 Å². The molecule has 0 aliphatic rings. The molecule has 0 unspecified atom stereocenters. The molecule has 0 fully saturated rings. The van der Waals surface area contributed by atoms with E-state index in [0.29, 0.717) is 0 Å². The van der Waals surface area contributed by atoms with E-state index >= 15 is 0 Å². The average molecular weight is 147 g/mol. The molecular weight excluding hydrogens is 136 g/mol. The lowest BCUT2D eigenvalue weighted by Gasteiger charge is -1.97. The molecule has 0 radical (unpaired) electrons. The van der Waals surface area contributed by atoms with Crippen molar-refractivity contribution in [3.05, 3.63) is 11.6 Å². The van der Waals surface area contributed by atoms with E-state index in [-0.39, 0.29) is 5.71 Å². The molecule has 1 nitrogen and oxygen atoms in total. The number of nitrogens with zero attached hydrogens (tertiary/aromatic N) is 1. The first kappa shape index (κ1) is 9.27. The molecule has 0 aliphatic carbocycles. The lowest BCUT2D eigenvalue weighted by molar-refractivity contribution is 0.226. The summed E-state index contributed by atoms with van der Waals surface area (Å²) in [6.07, 6.45) is -1.08. The van der Waals surface area contributed by atoms with Crippen LogP contribution in [-0.2, 0) is 0 Å². The predicted molar refractivity (Wildman–Crippen MR) is 38.8 cm³/mol. The smallest absolute Gasteiger partial charge is 0.279 e. The van der Waals surface area contributed by atoms with Gasteiger partial charge in [0.2, 0.25) is 0 Å². The van der Waals surface area contributed by atoms with Crippen molar-refractivity contribution < 1.29 is 8.78 Å². The van der Waals surface area contributed by atoms with E-state index < -0.39 is 6.43 Å². The number of hydrogen-bond acceptors (Lipinski definition) is 1. The molecule has 0 N–H and O–H groups in total. The third kappa shape index (κ3) is 3.33. The standard InChI is InChI=1S/C7H11F2N/c1-5(2)4-6(10-3)7(8)9/h4,7H,1-3H3. The normalized spacial score (nSPS) is 12.0. The second kappa shape index (κ2) is 4.14. The maximum absolute atomic E-state index is 11.9. The van der Waals surface area contributed by atoms with Crippen LogP contribution in [0.3, 0.4) is 0 Å². The molecule has 0 heterocycles. The predicted octanol–water partition coefficient (Wildman–Crippen LogP) is 2.29. The SMILES string of the molecule is CN=C(C=C(C)C)C(F)F. The molecule has 0 aromatic rings. The summed E-state index contributed by atoms with van der Waals surface area (Å²) >= 11 is 0. The summed E-state index contributed by atoms with van der Waals surface area (Å²) < 4.78 is 23.8. The Morgan fingerprint density at radius 1 is 1.40 bits per heavy atom. The van der Waals surface area contributed by atoms with E-state index in [4.69, 9.17) is 0 Å². The first-order valence-electron chi connectivity index (χ1n) is 2.97. The minimum absolute atomic E-state index is 0.153. The number of hydrogen-bond donors (Lipinski definition) is 0. The van der Waals surface area contributed by atoms with Gasteiger partial charge in [-0.1, -0.05) is 5.57 Å². The van der Waals surface area contributed by atoms with Gasteiger partial charge in [-0.3, -0.25) is 4.99 Å².